The summed E-state index contributed by atoms with van der Waals surface area (Å²) >= 11 is 3.83. The minimum atomic E-state index is -3.97. The summed E-state index contributed by atoms with van der Waals surface area (Å²) < 4.78 is 30.3. The highest BCUT2D eigenvalue weighted by Crippen LogP contribution is 2.33. The van der Waals surface area contributed by atoms with Crippen molar-refractivity contribution in [3.05, 3.63) is 14.7 Å². The molecule has 0 unspecified atom stereocenters. The zero-order valence-electron chi connectivity index (χ0n) is 10.6. The standard InChI is InChI=1S/C10H12BrNO6S2/c1-3-12(5-8(13)18-2)20(16,17)7-4-6(10(14)15)19-9(7)11/h4H,3,5H2,1-2H3,(H,14,15). The van der Waals surface area contributed by atoms with Crippen LogP contribution in [0.1, 0.15) is 16.6 Å². The van der Waals surface area contributed by atoms with Gasteiger partial charge in [0.1, 0.15) is 16.3 Å². The summed E-state index contributed by atoms with van der Waals surface area (Å²) in [4.78, 5) is 21.8. The summed E-state index contributed by atoms with van der Waals surface area (Å²) in [5.74, 6) is -1.91. The third kappa shape index (κ3) is 3.57. The molecule has 0 atom stereocenters. The summed E-state index contributed by atoms with van der Waals surface area (Å²) in [7, 11) is -2.81. The summed E-state index contributed by atoms with van der Waals surface area (Å²) in [5, 5.41) is 8.87. The summed E-state index contributed by atoms with van der Waals surface area (Å²) in [6.45, 7) is 1.20. The van der Waals surface area contributed by atoms with E-state index in [0.717, 1.165) is 28.8 Å². The number of ether oxygens (including phenoxy) is 1. The van der Waals surface area contributed by atoms with E-state index >= 15 is 0 Å². The number of hydrogen-bond acceptors (Lipinski definition) is 6. The minimum Gasteiger partial charge on any atom is -0.477 e. The normalized spacial score (nSPS) is 11.6. The zero-order valence-corrected chi connectivity index (χ0v) is 13.8. The SMILES string of the molecule is CCN(CC(=O)OC)S(=O)(=O)c1cc(C(=O)O)sc1Br. The van der Waals surface area contributed by atoms with Crippen LogP contribution in [0.15, 0.2) is 14.7 Å². The van der Waals surface area contributed by atoms with Crippen LogP contribution in [0.2, 0.25) is 0 Å². The minimum absolute atomic E-state index is 0.0577. The molecule has 0 aliphatic rings. The predicted octanol–water partition coefficient (Wildman–Crippen LogP) is 1.39. The van der Waals surface area contributed by atoms with E-state index in [1.807, 2.05) is 0 Å². The van der Waals surface area contributed by atoms with Crippen molar-refractivity contribution in [3.63, 3.8) is 0 Å². The second-order valence-corrected chi connectivity index (χ2v) is 7.84. The number of carbonyl (C=O) groups is 2. The number of halogens is 1. The first kappa shape index (κ1) is 17.1. The Bertz CT molecular complexity index is 624. The van der Waals surface area contributed by atoms with E-state index in [2.05, 4.69) is 20.7 Å². The molecule has 0 aliphatic heterocycles. The molecule has 0 amide bonds. The van der Waals surface area contributed by atoms with Crippen molar-refractivity contribution >= 4 is 49.2 Å². The fourth-order valence-electron chi connectivity index (χ4n) is 1.35. The molecule has 0 bridgehead atoms. The van der Waals surface area contributed by atoms with Gasteiger partial charge in [-0.2, -0.15) is 4.31 Å². The number of sulfonamides is 1. The second kappa shape index (κ2) is 6.66. The van der Waals surface area contributed by atoms with Gasteiger partial charge in [0.05, 0.1) is 10.9 Å². The average Bonchev–Trinajstić information content (AvgIpc) is 2.78. The van der Waals surface area contributed by atoms with Gasteiger partial charge in [0.2, 0.25) is 10.0 Å². The van der Waals surface area contributed by atoms with Gasteiger partial charge in [-0.3, -0.25) is 4.79 Å². The van der Waals surface area contributed by atoms with E-state index in [9.17, 15) is 18.0 Å². The van der Waals surface area contributed by atoms with Gasteiger partial charge in [0.15, 0.2) is 0 Å². The first-order valence-corrected chi connectivity index (χ1v) is 8.38. The Hall–Kier alpha value is -0.970. The third-order valence-electron chi connectivity index (χ3n) is 2.37. The molecule has 0 fully saturated rings. The van der Waals surface area contributed by atoms with Gasteiger partial charge in [0, 0.05) is 6.54 Å². The number of carbonyl (C=O) groups excluding carboxylic acids is 1. The van der Waals surface area contributed by atoms with Crippen LogP contribution in [0.25, 0.3) is 0 Å². The monoisotopic (exact) mass is 385 g/mol. The van der Waals surface area contributed by atoms with Crippen molar-refractivity contribution in [2.75, 3.05) is 20.2 Å². The molecule has 1 aromatic rings. The smallest absolute Gasteiger partial charge is 0.345 e. The summed E-state index contributed by atoms with van der Waals surface area (Å²) in [5.41, 5.74) is 0. The van der Waals surface area contributed by atoms with Crippen molar-refractivity contribution in [2.24, 2.45) is 0 Å². The van der Waals surface area contributed by atoms with Gasteiger partial charge in [-0.05, 0) is 22.0 Å². The highest BCUT2D eigenvalue weighted by Gasteiger charge is 2.30. The maximum absolute atomic E-state index is 12.4. The molecular formula is C10H12BrNO6S2. The molecular weight excluding hydrogens is 374 g/mol. The molecule has 0 radical (unpaired) electrons. The van der Waals surface area contributed by atoms with Crippen molar-refractivity contribution in [2.45, 2.75) is 11.8 Å². The number of hydrogen-bond donors (Lipinski definition) is 1. The van der Waals surface area contributed by atoms with Crippen LogP contribution in [0, 0.1) is 0 Å². The average molecular weight is 386 g/mol. The molecule has 1 N–H and O–H groups in total. The lowest BCUT2D eigenvalue weighted by atomic mass is 10.5. The lowest BCUT2D eigenvalue weighted by molar-refractivity contribution is -0.140. The van der Waals surface area contributed by atoms with E-state index in [0.29, 0.717) is 0 Å². The number of carboxylic acid groups (broad SMARTS) is 1. The van der Waals surface area contributed by atoms with Crippen LogP contribution in [-0.2, 0) is 19.6 Å². The van der Waals surface area contributed by atoms with Gasteiger partial charge in [-0.1, -0.05) is 6.92 Å². The molecule has 1 heterocycles. The van der Waals surface area contributed by atoms with Gasteiger partial charge in [-0.15, -0.1) is 11.3 Å². The van der Waals surface area contributed by atoms with Crippen LogP contribution in [0.5, 0.6) is 0 Å². The van der Waals surface area contributed by atoms with Crippen molar-refractivity contribution in [1.82, 2.24) is 4.31 Å². The van der Waals surface area contributed by atoms with Gasteiger partial charge < -0.3 is 9.84 Å². The highest BCUT2D eigenvalue weighted by atomic mass is 79.9. The van der Waals surface area contributed by atoms with Crippen LogP contribution in [0.3, 0.4) is 0 Å². The Labute approximate surface area is 128 Å². The zero-order chi connectivity index (χ0) is 15.5. The topological polar surface area (TPSA) is 101 Å². The van der Waals surface area contributed by atoms with E-state index in [-0.39, 0.29) is 20.1 Å². The van der Waals surface area contributed by atoms with Crippen LogP contribution >= 0.6 is 27.3 Å². The quantitative estimate of drug-likeness (QED) is 0.742. The summed E-state index contributed by atoms with van der Waals surface area (Å²) in [6.07, 6.45) is 0. The first-order chi connectivity index (χ1) is 9.23. The molecule has 7 nitrogen and oxygen atoms in total. The Morgan fingerprint density at radius 3 is 2.50 bits per heavy atom. The number of rotatable bonds is 6. The number of likely N-dealkylation sites (N-methyl/N-ethyl adjacent to an activating group) is 1. The van der Waals surface area contributed by atoms with E-state index < -0.39 is 28.5 Å². The van der Waals surface area contributed by atoms with Crippen molar-refractivity contribution in [1.29, 1.82) is 0 Å². The summed E-state index contributed by atoms with van der Waals surface area (Å²) in [6, 6.07) is 1.06. The Balaban J connectivity index is 3.20. The van der Waals surface area contributed by atoms with Crippen molar-refractivity contribution in [3.8, 4) is 0 Å². The van der Waals surface area contributed by atoms with E-state index in [1.54, 1.807) is 6.92 Å². The molecule has 0 aliphatic carbocycles. The molecule has 10 heteroatoms. The number of methoxy groups -OCH3 is 1. The molecule has 0 saturated carbocycles. The lowest BCUT2D eigenvalue weighted by Crippen LogP contribution is -2.36. The number of carboxylic acids is 1. The Morgan fingerprint density at radius 2 is 2.10 bits per heavy atom. The van der Waals surface area contributed by atoms with E-state index in [1.165, 1.54) is 0 Å². The van der Waals surface area contributed by atoms with Crippen molar-refractivity contribution < 1.29 is 27.9 Å². The second-order valence-electron chi connectivity index (χ2n) is 3.56. The molecule has 0 aromatic carbocycles. The third-order valence-corrected chi connectivity index (χ3v) is 6.53. The fraction of sp³-hybridized carbons (Fsp3) is 0.400. The maximum Gasteiger partial charge on any atom is 0.345 e. The molecule has 20 heavy (non-hydrogen) atoms. The number of esters is 1. The predicted molar refractivity (Wildman–Crippen MR) is 75.4 cm³/mol. The van der Waals surface area contributed by atoms with Crippen LogP contribution < -0.4 is 0 Å². The molecule has 1 aromatic heterocycles. The molecule has 0 saturated heterocycles. The van der Waals surface area contributed by atoms with Gasteiger partial charge in [0.25, 0.3) is 0 Å². The van der Waals surface area contributed by atoms with E-state index in [4.69, 9.17) is 5.11 Å². The number of thiophene rings is 1. The lowest BCUT2D eigenvalue weighted by Gasteiger charge is -2.18. The maximum atomic E-state index is 12.4. The Kier molecular flexibility index (Phi) is 5.68. The van der Waals surface area contributed by atoms with Gasteiger partial charge in [-0.25, -0.2) is 13.2 Å². The van der Waals surface area contributed by atoms with Crippen LogP contribution in [0.4, 0.5) is 0 Å². The van der Waals surface area contributed by atoms with Gasteiger partial charge >= 0.3 is 11.9 Å². The highest BCUT2D eigenvalue weighted by molar-refractivity contribution is 9.11. The largest absolute Gasteiger partial charge is 0.477 e. The fourth-order valence-corrected chi connectivity index (χ4v) is 5.09. The Morgan fingerprint density at radius 1 is 1.50 bits per heavy atom. The number of nitrogens with zero attached hydrogens (tertiary/aromatic N) is 1. The first-order valence-electron chi connectivity index (χ1n) is 5.33. The molecule has 0 spiro atoms. The number of aromatic carboxylic acids is 1. The molecule has 112 valence electrons. The van der Waals surface area contributed by atoms with Crippen LogP contribution in [-0.4, -0.2) is 50.0 Å². The molecule has 1 rings (SSSR count).